The van der Waals surface area contributed by atoms with Gasteiger partial charge in [-0.05, 0) is 30.3 Å². The van der Waals surface area contributed by atoms with Crippen LogP contribution >= 0.6 is 0 Å². The van der Waals surface area contributed by atoms with Crippen LogP contribution < -0.4 is 15.2 Å². The van der Waals surface area contributed by atoms with E-state index in [1.165, 1.54) is 6.07 Å². The van der Waals surface area contributed by atoms with E-state index in [1.807, 2.05) is 0 Å². The van der Waals surface area contributed by atoms with Gasteiger partial charge in [0.1, 0.15) is 18.1 Å². The highest BCUT2D eigenvalue weighted by Gasteiger charge is 2.09. The molecule has 0 aliphatic carbocycles. The predicted molar refractivity (Wildman–Crippen MR) is 68.3 cm³/mol. The molecule has 0 saturated heterocycles. The summed E-state index contributed by atoms with van der Waals surface area (Å²) in [5.74, 6) is 0.731. The average molecular weight is 265 g/mol. The Labute approximate surface area is 109 Å². The van der Waals surface area contributed by atoms with Crippen molar-refractivity contribution in [1.82, 2.24) is 0 Å². The van der Waals surface area contributed by atoms with Crippen molar-refractivity contribution in [2.24, 2.45) is 0 Å². The van der Waals surface area contributed by atoms with Crippen molar-refractivity contribution < 1.29 is 18.3 Å². The summed E-state index contributed by atoms with van der Waals surface area (Å²) in [6, 6.07) is 13.4. The topological polar surface area (TPSA) is 44.5 Å². The number of hydrogen-bond donors (Lipinski definition) is 1. The standard InChI is InChI=1S/C14H13F2NO2/c15-14(16)19-13-4-2-1-3-10(13)9-18-12-7-5-11(17)6-8-12/h1-8,14H,9,17H2. The lowest BCUT2D eigenvalue weighted by Crippen LogP contribution is -2.06. The summed E-state index contributed by atoms with van der Waals surface area (Å²) in [5.41, 5.74) is 6.74. The molecule has 2 rings (SSSR count). The smallest absolute Gasteiger partial charge is 0.387 e. The number of ether oxygens (including phenoxy) is 2. The number of hydrogen-bond acceptors (Lipinski definition) is 3. The number of para-hydroxylation sites is 1. The summed E-state index contributed by atoms with van der Waals surface area (Å²) >= 11 is 0. The lowest BCUT2D eigenvalue weighted by molar-refractivity contribution is -0.0508. The fourth-order valence-electron chi connectivity index (χ4n) is 1.56. The number of halogens is 2. The number of anilines is 1. The Kier molecular flexibility index (Phi) is 4.18. The van der Waals surface area contributed by atoms with Crippen molar-refractivity contribution in [3.8, 4) is 11.5 Å². The van der Waals surface area contributed by atoms with Gasteiger partial charge in [-0.15, -0.1) is 0 Å². The SMILES string of the molecule is Nc1ccc(OCc2ccccc2OC(F)F)cc1. The summed E-state index contributed by atoms with van der Waals surface area (Å²) in [7, 11) is 0. The van der Waals surface area contributed by atoms with E-state index in [9.17, 15) is 8.78 Å². The molecule has 0 aliphatic heterocycles. The van der Waals surface area contributed by atoms with Crippen molar-refractivity contribution >= 4 is 5.69 Å². The Morgan fingerprint density at radius 2 is 1.68 bits per heavy atom. The Balaban J connectivity index is 2.04. The minimum atomic E-state index is -2.85. The first-order valence-electron chi connectivity index (χ1n) is 5.66. The van der Waals surface area contributed by atoms with Crippen LogP contribution in [0.3, 0.4) is 0 Å². The van der Waals surface area contributed by atoms with Crippen molar-refractivity contribution in [2.45, 2.75) is 13.2 Å². The van der Waals surface area contributed by atoms with Gasteiger partial charge >= 0.3 is 6.61 Å². The molecule has 0 saturated carbocycles. The van der Waals surface area contributed by atoms with E-state index in [-0.39, 0.29) is 12.4 Å². The van der Waals surface area contributed by atoms with E-state index in [2.05, 4.69) is 4.74 Å². The second-order valence-corrected chi connectivity index (χ2v) is 3.84. The van der Waals surface area contributed by atoms with Gasteiger partial charge < -0.3 is 15.2 Å². The molecular formula is C14H13F2NO2. The van der Waals surface area contributed by atoms with Crippen LogP contribution in [0.15, 0.2) is 48.5 Å². The fraction of sp³-hybridized carbons (Fsp3) is 0.143. The van der Waals surface area contributed by atoms with Gasteiger partial charge in [0.05, 0.1) is 0 Å². The van der Waals surface area contributed by atoms with Crippen molar-refractivity contribution in [3.05, 3.63) is 54.1 Å². The molecular weight excluding hydrogens is 252 g/mol. The van der Waals surface area contributed by atoms with Gasteiger partial charge in [-0.25, -0.2) is 0 Å². The lowest BCUT2D eigenvalue weighted by atomic mass is 10.2. The molecule has 2 aromatic carbocycles. The number of rotatable bonds is 5. The maximum absolute atomic E-state index is 12.2. The maximum Gasteiger partial charge on any atom is 0.387 e. The highest BCUT2D eigenvalue weighted by Crippen LogP contribution is 2.22. The molecule has 0 fully saturated rings. The molecule has 3 nitrogen and oxygen atoms in total. The van der Waals surface area contributed by atoms with Crippen LogP contribution in [-0.2, 0) is 6.61 Å². The Morgan fingerprint density at radius 1 is 1.00 bits per heavy atom. The molecule has 0 aliphatic rings. The quantitative estimate of drug-likeness (QED) is 0.842. The van der Waals surface area contributed by atoms with E-state index in [0.717, 1.165) is 0 Å². The van der Waals surface area contributed by atoms with Crippen molar-refractivity contribution in [1.29, 1.82) is 0 Å². The summed E-state index contributed by atoms with van der Waals surface area (Å²) in [6.45, 7) is -2.70. The Morgan fingerprint density at radius 3 is 2.37 bits per heavy atom. The summed E-state index contributed by atoms with van der Waals surface area (Å²) in [6.07, 6.45) is 0. The van der Waals surface area contributed by atoms with Crippen LogP contribution in [0, 0.1) is 0 Å². The van der Waals surface area contributed by atoms with Gasteiger partial charge in [0.15, 0.2) is 0 Å². The molecule has 100 valence electrons. The molecule has 0 unspecified atom stereocenters. The maximum atomic E-state index is 12.2. The van der Waals surface area contributed by atoms with Crippen LogP contribution in [0.5, 0.6) is 11.5 Å². The van der Waals surface area contributed by atoms with Gasteiger partial charge in [-0.3, -0.25) is 0 Å². The van der Waals surface area contributed by atoms with Gasteiger partial charge in [-0.1, -0.05) is 18.2 Å². The third kappa shape index (κ3) is 3.84. The van der Waals surface area contributed by atoms with Crippen LogP contribution in [0.4, 0.5) is 14.5 Å². The number of benzene rings is 2. The van der Waals surface area contributed by atoms with Gasteiger partial charge in [0.25, 0.3) is 0 Å². The summed E-state index contributed by atoms with van der Waals surface area (Å²) in [5, 5.41) is 0. The first-order valence-corrected chi connectivity index (χ1v) is 5.66. The third-order valence-electron chi connectivity index (χ3n) is 2.46. The molecule has 19 heavy (non-hydrogen) atoms. The largest absolute Gasteiger partial charge is 0.489 e. The second kappa shape index (κ2) is 6.04. The normalized spacial score (nSPS) is 10.5. The van der Waals surface area contributed by atoms with Crippen molar-refractivity contribution in [3.63, 3.8) is 0 Å². The highest BCUT2D eigenvalue weighted by molar-refractivity contribution is 5.41. The zero-order chi connectivity index (χ0) is 13.7. The molecule has 5 heteroatoms. The minimum Gasteiger partial charge on any atom is -0.489 e. The van der Waals surface area contributed by atoms with Crippen LogP contribution in [0.2, 0.25) is 0 Å². The summed E-state index contributed by atoms with van der Waals surface area (Å²) < 4.78 is 34.4. The monoisotopic (exact) mass is 265 g/mol. The van der Waals surface area contributed by atoms with E-state index >= 15 is 0 Å². The van der Waals surface area contributed by atoms with Gasteiger partial charge in [0.2, 0.25) is 0 Å². The Bertz CT molecular complexity index is 529. The van der Waals surface area contributed by atoms with Gasteiger partial charge in [-0.2, -0.15) is 8.78 Å². The lowest BCUT2D eigenvalue weighted by Gasteiger charge is -2.11. The molecule has 2 aromatic rings. The van der Waals surface area contributed by atoms with Crippen LogP contribution in [0.25, 0.3) is 0 Å². The highest BCUT2D eigenvalue weighted by atomic mass is 19.3. The molecule has 0 amide bonds. The second-order valence-electron chi connectivity index (χ2n) is 3.84. The summed E-state index contributed by atoms with van der Waals surface area (Å²) in [4.78, 5) is 0. The van der Waals surface area contributed by atoms with E-state index in [4.69, 9.17) is 10.5 Å². The van der Waals surface area contributed by atoms with Crippen LogP contribution in [-0.4, -0.2) is 6.61 Å². The zero-order valence-corrected chi connectivity index (χ0v) is 10.1. The molecule has 2 N–H and O–H groups in total. The molecule has 0 bridgehead atoms. The first-order chi connectivity index (χ1) is 9.15. The number of alkyl halides is 2. The predicted octanol–water partition coefficient (Wildman–Crippen LogP) is 3.45. The zero-order valence-electron chi connectivity index (χ0n) is 10.1. The molecule has 0 radical (unpaired) electrons. The van der Waals surface area contributed by atoms with E-state index < -0.39 is 6.61 Å². The minimum absolute atomic E-state index is 0.118. The van der Waals surface area contributed by atoms with E-state index in [1.54, 1.807) is 42.5 Å². The Hall–Kier alpha value is -2.30. The third-order valence-corrected chi connectivity index (χ3v) is 2.46. The molecule has 0 atom stereocenters. The average Bonchev–Trinajstić information content (AvgIpc) is 2.39. The fourth-order valence-corrected chi connectivity index (χ4v) is 1.56. The number of nitrogen functional groups attached to an aromatic ring is 1. The van der Waals surface area contributed by atoms with Crippen LogP contribution in [0.1, 0.15) is 5.56 Å². The number of nitrogens with two attached hydrogens (primary N) is 1. The molecule has 0 spiro atoms. The molecule has 0 heterocycles. The van der Waals surface area contributed by atoms with Crippen molar-refractivity contribution in [2.75, 3.05) is 5.73 Å². The van der Waals surface area contributed by atoms with E-state index in [0.29, 0.717) is 17.0 Å². The van der Waals surface area contributed by atoms with Gasteiger partial charge in [0, 0.05) is 11.3 Å². The first kappa shape index (κ1) is 13.1. The molecule has 0 aromatic heterocycles.